The van der Waals surface area contributed by atoms with Crippen LogP contribution in [0.3, 0.4) is 0 Å². The van der Waals surface area contributed by atoms with Crippen LogP contribution in [-0.2, 0) is 19.7 Å². The quantitative estimate of drug-likeness (QED) is 0.168. The summed E-state index contributed by atoms with van der Waals surface area (Å²) < 4.78 is 11.1. The van der Waals surface area contributed by atoms with Gasteiger partial charge in [-0.05, 0) is 62.0 Å². The summed E-state index contributed by atoms with van der Waals surface area (Å²) in [6.07, 6.45) is 14.6. The van der Waals surface area contributed by atoms with Gasteiger partial charge in [0.15, 0.2) is 0 Å². The number of hydrogen-bond acceptors (Lipinski definition) is 3. The molecule has 0 N–H and O–H groups in total. The summed E-state index contributed by atoms with van der Waals surface area (Å²) in [5.74, 6) is 1.28. The summed E-state index contributed by atoms with van der Waals surface area (Å²) in [6, 6.07) is 9.05. The van der Waals surface area contributed by atoms with Crippen LogP contribution in [0.2, 0.25) is 0 Å². The highest BCUT2D eigenvalue weighted by molar-refractivity contribution is 5.87. The number of ether oxygens (including phenoxy) is 2. The van der Waals surface area contributed by atoms with Gasteiger partial charge in [-0.15, -0.1) is 0 Å². The van der Waals surface area contributed by atoms with E-state index in [9.17, 15) is 4.79 Å². The van der Waals surface area contributed by atoms with Gasteiger partial charge in [-0.25, -0.2) is 4.79 Å². The standard InChI is InChI=1S/C29H46O3/c1-6-8-9-10-11-12-24-13-15-25(16-14-24)26-17-19-27(20-18-26)29(7-2,21-31-5)22-32-28(30)23(3)4/h17-20,24-25H,3,6-16,21-22H2,1-2,4-5H3. The van der Waals surface area contributed by atoms with Crippen molar-refractivity contribution < 1.29 is 14.3 Å². The highest BCUT2D eigenvalue weighted by Crippen LogP contribution is 2.39. The predicted octanol–water partition coefficient (Wildman–Crippen LogP) is 7.73. The van der Waals surface area contributed by atoms with Crippen molar-refractivity contribution in [1.82, 2.24) is 0 Å². The molecule has 1 unspecified atom stereocenters. The summed E-state index contributed by atoms with van der Waals surface area (Å²) in [4.78, 5) is 12.0. The van der Waals surface area contributed by atoms with Gasteiger partial charge in [0.05, 0.1) is 12.0 Å². The number of benzene rings is 1. The zero-order valence-corrected chi connectivity index (χ0v) is 21.1. The van der Waals surface area contributed by atoms with Crippen LogP contribution in [0.15, 0.2) is 36.4 Å². The second-order valence-electron chi connectivity index (χ2n) is 9.97. The Balaban J connectivity index is 1.94. The molecule has 0 bridgehead atoms. The third-order valence-corrected chi connectivity index (χ3v) is 7.48. The average Bonchev–Trinajstić information content (AvgIpc) is 2.82. The Labute approximate surface area is 197 Å². The van der Waals surface area contributed by atoms with E-state index in [0.717, 1.165) is 12.3 Å². The van der Waals surface area contributed by atoms with Crippen molar-refractivity contribution in [2.75, 3.05) is 20.3 Å². The Kier molecular flexibility index (Phi) is 11.5. The van der Waals surface area contributed by atoms with Crippen LogP contribution in [0.5, 0.6) is 0 Å². The van der Waals surface area contributed by atoms with Gasteiger partial charge >= 0.3 is 5.97 Å². The Morgan fingerprint density at radius 1 is 1.00 bits per heavy atom. The maximum absolute atomic E-state index is 12.0. The largest absolute Gasteiger partial charge is 0.461 e. The first-order valence-electron chi connectivity index (χ1n) is 12.9. The van der Waals surface area contributed by atoms with E-state index in [4.69, 9.17) is 9.47 Å². The molecule has 0 radical (unpaired) electrons. The Morgan fingerprint density at radius 2 is 1.66 bits per heavy atom. The van der Waals surface area contributed by atoms with E-state index >= 15 is 0 Å². The minimum absolute atomic E-state index is 0.311. The van der Waals surface area contributed by atoms with Gasteiger partial charge in [-0.3, -0.25) is 0 Å². The molecular formula is C29H46O3. The van der Waals surface area contributed by atoms with E-state index in [2.05, 4.69) is 44.7 Å². The van der Waals surface area contributed by atoms with Gasteiger partial charge in [-0.1, -0.05) is 83.2 Å². The van der Waals surface area contributed by atoms with E-state index in [1.165, 1.54) is 75.3 Å². The molecule has 1 atom stereocenters. The highest BCUT2D eigenvalue weighted by Gasteiger charge is 2.33. The minimum Gasteiger partial charge on any atom is -0.461 e. The van der Waals surface area contributed by atoms with Crippen molar-refractivity contribution in [3.05, 3.63) is 47.5 Å². The van der Waals surface area contributed by atoms with Crippen molar-refractivity contribution in [1.29, 1.82) is 0 Å². The fraction of sp³-hybridized carbons (Fsp3) is 0.690. The lowest BCUT2D eigenvalue weighted by atomic mass is 9.75. The molecule has 180 valence electrons. The number of carbonyl (C=O) groups excluding carboxylic acids is 1. The fourth-order valence-electron chi connectivity index (χ4n) is 5.15. The number of carbonyl (C=O) groups is 1. The molecule has 0 saturated heterocycles. The van der Waals surface area contributed by atoms with Crippen molar-refractivity contribution >= 4 is 5.97 Å². The zero-order valence-electron chi connectivity index (χ0n) is 21.1. The SMILES string of the molecule is C=C(C)C(=O)OCC(CC)(COC)c1ccc(C2CCC(CCCCCCC)CC2)cc1. The van der Waals surface area contributed by atoms with Crippen LogP contribution in [-0.4, -0.2) is 26.3 Å². The third-order valence-electron chi connectivity index (χ3n) is 7.48. The molecule has 3 heteroatoms. The van der Waals surface area contributed by atoms with Crippen LogP contribution < -0.4 is 0 Å². The Bertz CT molecular complexity index is 685. The van der Waals surface area contributed by atoms with Gasteiger partial charge in [-0.2, -0.15) is 0 Å². The number of unbranched alkanes of at least 4 members (excludes halogenated alkanes) is 4. The molecule has 3 nitrogen and oxygen atoms in total. The van der Waals surface area contributed by atoms with Gasteiger partial charge < -0.3 is 9.47 Å². The summed E-state index contributed by atoms with van der Waals surface area (Å²) in [7, 11) is 1.71. The predicted molar refractivity (Wildman–Crippen MR) is 134 cm³/mol. The van der Waals surface area contributed by atoms with E-state index < -0.39 is 0 Å². The maximum atomic E-state index is 12.0. The molecule has 1 aromatic carbocycles. The molecule has 1 aliphatic rings. The fourth-order valence-corrected chi connectivity index (χ4v) is 5.15. The zero-order chi connectivity index (χ0) is 23.4. The molecule has 0 amide bonds. The van der Waals surface area contributed by atoms with Gasteiger partial charge in [0.2, 0.25) is 0 Å². The number of hydrogen-bond donors (Lipinski definition) is 0. The average molecular weight is 443 g/mol. The highest BCUT2D eigenvalue weighted by atomic mass is 16.5. The monoisotopic (exact) mass is 442 g/mol. The maximum Gasteiger partial charge on any atom is 0.333 e. The van der Waals surface area contributed by atoms with Crippen molar-refractivity contribution in [3.63, 3.8) is 0 Å². The van der Waals surface area contributed by atoms with Gasteiger partial charge in [0.25, 0.3) is 0 Å². The topological polar surface area (TPSA) is 35.5 Å². The van der Waals surface area contributed by atoms with Crippen LogP contribution in [0.1, 0.15) is 108 Å². The minimum atomic E-state index is -0.335. The molecule has 32 heavy (non-hydrogen) atoms. The van der Waals surface area contributed by atoms with Gasteiger partial charge in [0, 0.05) is 12.7 Å². The van der Waals surface area contributed by atoms with E-state index in [0.29, 0.717) is 24.7 Å². The summed E-state index contributed by atoms with van der Waals surface area (Å²) in [5, 5.41) is 0. The van der Waals surface area contributed by atoms with E-state index in [1.54, 1.807) is 14.0 Å². The van der Waals surface area contributed by atoms with Crippen LogP contribution >= 0.6 is 0 Å². The second-order valence-corrected chi connectivity index (χ2v) is 9.97. The van der Waals surface area contributed by atoms with Crippen molar-refractivity contribution in [3.8, 4) is 0 Å². The molecule has 0 heterocycles. The molecular weight excluding hydrogens is 396 g/mol. The molecule has 0 aromatic heterocycles. The van der Waals surface area contributed by atoms with Crippen molar-refractivity contribution in [2.45, 2.75) is 103 Å². The molecule has 0 spiro atoms. The van der Waals surface area contributed by atoms with E-state index in [1.807, 2.05) is 0 Å². The molecule has 1 aromatic rings. The summed E-state index contributed by atoms with van der Waals surface area (Å²) >= 11 is 0. The first-order valence-corrected chi connectivity index (χ1v) is 12.9. The lowest BCUT2D eigenvalue weighted by molar-refractivity contribution is -0.141. The Morgan fingerprint density at radius 3 is 2.22 bits per heavy atom. The number of esters is 1. The number of methoxy groups -OCH3 is 1. The van der Waals surface area contributed by atoms with E-state index in [-0.39, 0.29) is 11.4 Å². The lowest BCUT2D eigenvalue weighted by Gasteiger charge is -2.33. The third kappa shape index (κ3) is 7.76. The Hall–Kier alpha value is -1.61. The molecule has 2 rings (SSSR count). The lowest BCUT2D eigenvalue weighted by Crippen LogP contribution is -2.37. The summed E-state index contributed by atoms with van der Waals surface area (Å²) in [6.45, 7) is 10.6. The molecule has 1 saturated carbocycles. The second kappa shape index (κ2) is 13.8. The summed E-state index contributed by atoms with van der Waals surface area (Å²) in [5.41, 5.74) is 2.74. The molecule has 0 aliphatic heterocycles. The number of rotatable bonds is 14. The van der Waals surface area contributed by atoms with Crippen LogP contribution in [0, 0.1) is 5.92 Å². The van der Waals surface area contributed by atoms with Gasteiger partial charge in [0.1, 0.15) is 6.61 Å². The first kappa shape index (κ1) is 26.6. The molecule has 1 aliphatic carbocycles. The van der Waals surface area contributed by atoms with Crippen molar-refractivity contribution in [2.24, 2.45) is 5.92 Å². The first-order chi connectivity index (χ1) is 15.5. The molecule has 1 fully saturated rings. The van der Waals surface area contributed by atoms with Crippen LogP contribution in [0.25, 0.3) is 0 Å². The smallest absolute Gasteiger partial charge is 0.333 e. The van der Waals surface area contributed by atoms with Crippen LogP contribution in [0.4, 0.5) is 0 Å². The normalized spacial score (nSPS) is 20.5.